The first-order chi connectivity index (χ1) is 12.1. The number of benzene rings is 2. The molecule has 1 unspecified atom stereocenters. The predicted octanol–water partition coefficient (Wildman–Crippen LogP) is 2.67. The van der Waals surface area contributed by atoms with Crippen molar-refractivity contribution in [2.45, 2.75) is 38.0 Å². The number of piperidine rings is 1. The lowest BCUT2D eigenvalue weighted by atomic mass is 9.94. The van der Waals surface area contributed by atoms with Crippen molar-refractivity contribution >= 4 is 5.91 Å². The topological polar surface area (TPSA) is 52.6 Å². The van der Waals surface area contributed by atoms with Crippen LogP contribution in [-0.2, 0) is 16.9 Å². The Morgan fingerprint density at radius 3 is 2.48 bits per heavy atom. The largest absolute Gasteiger partial charge is 0.376 e. The van der Waals surface area contributed by atoms with E-state index in [1.165, 1.54) is 5.56 Å². The van der Waals surface area contributed by atoms with Crippen LogP contribution in [0.5, 0.6) is 0 Å². The van der Waals surface area contributed by atoms with Gasteiger partial charge in [-0.25, -0.2) is 0 Å². The standard InChI is InChI=1S/C21H26N2O2/c1-21(25,18-11-6-3-7-12-18)20(24)22-19-13-8-14-23(16-19)15-17-9-4-2-5-10-17/h2-7,9-12,19,25H,8,13-16H2,1H3,(H,22,24)/t19-,21?/m1/s1. The lowest BCUT2D eigenvalue weighted by Gasteiger charge is -2.35. The molecular weight excluding hydrogens is 312 g/mol. The second-order valence-electron chi connectivity index (χ2n) is 6.97. The van der Waals surface area contributed by atoms with Crippen molar-refractivity contribution in [1.82, 2.24) is 10.2 Å². The highest BCUT2D eigenvalue weighted by Crippen LogP contribution is 2.21. The van der Waals surface area contributed by atoms with Gasteiger partial charge in [0.2, 0.25) is 0 Å². The SMILES string of the molecule is CC(O)(C(=O)N[C@@H]1CCCN(Cc2ccccc2)C1)c1ccccc1. The molecule has 25 heavy (non-hydrogen) atoms. The van der Waals surface area contributed by atoms with Gasteiger partial charge >= 0.3 is 0 Å². The molecule has 2 aromatic rings. The highest BCUT2D eigenvalue weighted by atomic mass is 16.3. The van der Waals surface area contributed by atoms with Gasteiger partial charge in [0, 0.05) is 19.1 Å². The summed E-state index contributed by atoms with van der Waals surface area (Å²) < 4.78 is 0. The van der Waals surface area contributed by atoms with Gasteiger partial charge in [-0.3, -0.25) is 9.69 Å². The number of nitrogens with zero attached hydrogens (tertiary/aromatic N) is 1. The van der Waals surface area contributed by atoms with E-state index in [4.69, 9.17) is 0 Å². The first-order valence-corrected chi connectivity index (χ1v) is 8.91. The monoisotopic (exact) mass is 338 g/mol. The van der Waals surface area contributed by atoms with Gasteiger partial charge in [0.15, 0.2) is 5.60 Å². The third kappa shape index (κ3) is 4.47. The molecule has 1 aliphatic heterocycles. The molecule has 2 atom stereocenters. The minimum absolute atomic E-state index is 0.0696. The Morgan fingerprint density at radius 2 is 1.80 bits per heavy atom. The number of carbonyl (C=O) groups is 1. The van der Waals surface area contributed by atoms with E-state index in [-0.39, 0.29) is 11.9 Å². The summed E-state index contributed by atoms with van der Waals surface area (Å²) in [5.41, 5.74) is 0.387. The summed E-state index contributed by atoms with van der Waals surface area (Å²) in [6.07, 6.45) is 1.99. The minimum Gasteiger partial charge on any atom is -0.376 e. The predicted molar refractivity (Wildman–Crippen MR) is 98.9 cm³/mol. The van der Waals surface area contributed by atoms with E-state index in [0.29, 0.717) is 5.56 Å². The summed E-state index contributed by atoms with van der Waals surface area (Å²) in [7, 11) is 0. The fourth-order valence-corrected chi connectivity index (χ4v) is 3.38. The van der Waals surface area contributed by atoms with Gasteiger partial charge in [-0.1, -0.05) is 60.7 Å². The molecule has 0 aromatic heterocycles. The third-order valence-electron chi connectivity index (χ3n) is 4.87. The van der Waals surface area contributed by atoms with Crippen LogP contribution in [-0.4, -0.2) is 35.0 Å². The average Bonchev–Trinajstić information content (AvgIpc) is 2.63. The van der Waals surface area contributed by atoms with Gasteiger partial charge in [0.25, 0.3) is 5.91 Å². The maximum absolute atomic E-state index is 12.6. The Bertz CT molecular complexity index is 686. The van der Waals surface area contributed by atoms with Crippen molar-refractivity contribution in [3.63, 3.8) is 0 Å². The third-order valence-corrected chi connectivity index (χ3v) is 4.87. The van der Waals surface area contributed by atoms with Crippen molar-refractivity contribution in [3.8, 4) is 0 Å². The van der Waals surface area contributed by atoms with Crippen LogP contribution in [0.1, 0.15) is 30.9 Å². The number of rotatable bonds is 5. The van der Waals surface area contributed by atoms with E-state index in [1.807, 2.05) is 24.3 Å². The molecule has 4 heteroatoms. The zero-order chi connectivity index (χ0) is 17.7. The van der Waals surface area contributed by atoms with Crippen molar-refractivity contribution in [2.24, 2.45) is 0 Å². The average molecular weight is 338 g/mol. The second-order valence-corrected chi connectivity index (χ2v) is 6.97. The van der Waals surface area contributed by atoms with Crippen LogP contribution in [0.3, 0.4) is 0 Å². The molecule has 0 aliphatic carbocycles. The van der Waals surface area contributed by atoms with Crippen molar-refractivity contribution in [2.75, 3.05) is 13.1 Å². The molecule has 0 bridgehead atoms. The molecular formula is C21H26N2O2. The summed E-state index contributed by atoms with van der Waals surface area (Å²) in [6, 6.07) is 19.5. The van der Waals surface area contributed by atoms with Crippen LogP contribution in [0, 0.1) is 0 Å². The Hall–Kier alpha value is -2.17. The molecule has 1 saturated heterocycles. The van der Waals surface area contributed by atoms with Crippen molar-refractivity contribution < 1.29 is 9.90 Å². The van der Waals surface area contributed by atoms with E-state index in [9.17, 15) is 9.90 Å². The molecule has 3 rings (SSSR count). The van der Waals surface area contributed by atoms with E-state index in [0.717, 1.165) is 32.5 Å². The van der Waals surface area contributed by atoms with Gasteiger partial charge in [-0.15, -0.1) is 0 Å². The molecule has 132 valence electrons. The number of hydrogen-bond acceptors (Lipinski definition) is 3. The zero-order valence-corrected chi connectivity index (χ0v) is 14.7. The fourth-order valence-electron chi connectivity index (χ4n) is 3.38. The molecule has 0 saturated carbocycles. The van der Waals surface area contributed by atoms with Gasteiger partial charge in [-0.2, -0.15) is 0 Å². The Morgan fingerprint density at radius 1 is 1.16 bits per heavy atom. The van der Waals surface area contributed by atoms with Crippen molar-refractivity contribution in [3.05, 3.63) is 71.8 Å². The lowest BCUT2D eigenvalue weighted by molar-refractivity contribution is -0.140. The number of nitrogens with one attached hydrogen (secondary N) is 1. The maximum Gasteiger partial charge on any atom is 0.256 e. The first-order valence-electron chi connectivity index (χ1n) is 8.91. The normalized spacial score (nSPS) is 20.6. The molecule has 2 N–H and O–H groups in total. The minimum atomic E-state index is -1.51. The quantitative estimate of drug-likeness (QED) is 0.881. The summed E-state index contributed by atoms with van der Waals surface area (Å²) in [4.78, 5) is 15.0. The molecule has 1 aliphatic rings. The number of aliphatic hydroxyl groups is 1. The Kier molecular flexibility index (Phi) is 5.51. The van der Waals surface area contributed by atoms with E-state index >= 15 is 0 Å². The van der Waals surface area contributed by atoms with E-state index < -0.39 is 5.60 Å². The zero-order valence-electron chi connectivity index (χ0n) is 14.7. The molecule has 1 fully saturated rings. The number of carbonyl (C=O) groups excluding carboxylic acids is 1. The second kappa shape index (κ2) is 7.81. The first kappa shape index (κ1) is 17.6. The molecule has 1 heterocycles. The van der Waals surface area contributed by atoms with E-state index in [1.54, 1.807) is 19.1 Å². The summed E-state index contributed by atoms with van der Waals surface area (Å²) in [5, 5.41) is 13.7. The van der Waals surface area contributed by atoms with E-state index in [2.05, 4.69) is 34.5 Å². The molecule has 4 nitrogen and oxygen atoms in total. The highest BCUT2D eigenvalue weighted by molar-refractivity contribution is 5.86. The Labute approximate surface area is 149 Å². The summed E-state index contributed by atoms with van der Waals surface area (Å²) >= 11 is 0. The summed E-state index contributed by atoms with van der Waals surface area (Å²) in [5.74, 6) is -0.328. The van der Waals surface area contributed by atoms with Crippen LogP contribution in [0.25, 0.3) is 0 Å². The molecule has 2 aromatic carbocycles. The van der Waals surface area contributed by atoms with Gasteiger partial charge in [0.05, 0.1) is 0 Å². The van der Waals surface area contributed by atoms with Crippen molar-refractivity contribution in [1.29, 1.82) is 0 Å². The highest BCUT2D eigenvalue weighted by Gasteiger charge is 2.34. The molecule has 1 amide bonds. The number of hydrogen-bond donors (Lipinski definition) is 2. The number of likely N-dealkylation sites (tertiary alicyclic amines) is 1. The smallest absolute Gasteiger partial charge is 0.256 e. The number of amides is 1. The van der Waals surface area contributed by atoms with Crippen LogP contribution >= 0.6 is 0 Å². The summed E-state index contributed by atoms with van der Waals surface area (Å²) in [6.45, 7) is 4.30. The van der Waals surface area contributed by atoms with Gasteiger partial charge < -0.3 is 10.4 Å². The lowest BCUT2D eigenvalue weighted by Crippen LogP contribution is -2.52. The fraction of sp³-hybridized carbons (Fsp3) is 0.381. The van der Waals surface area contributed by atoms with Crippen LogP contribution in [0.4, 0.5) is 0 Å². The van der Waals surface area contributed by atoms with Gasteiger partial charge in [0.1, 0.15) is 0 Å². The van der Waals surface area contributed by atoms with Crippen LogP contribution in [0.15, 0.2) is 60.7 Å². The van der Waals surface area contributed by atoms with Crippen LogP contribution in [0.2, 0.25) is 0 Å². The molecule has 0 spiro atoms. The maximum atomic E-state index is 12.6. The van der Waals surface area contributed by atoms with Gasteiger partial charge in [-0.05, 0) is 37.4 Å². The van der Waals surface area contributed by atoms with Crippen LogP contribution < -0.4 is 5.32 Å². The Balaban J connectivity index is 1.59. The molecule has 0 radical (unpaired) electrons.